The molecule has 2 aromatic carbocycles. The molecule has 1 N–H and O–H groups in total. The number of nitrogens with zero attached hydrogens (tertiary/aromatic N) is 3. The van der Waals surface area contributed by atoms with Crippen molar-refractivity contribution in [1.82, 2.24) is 20.1 Å². The summed E-state index contributed by atoms with van der Waals surface area (Å²) in [5.74, 6) is 2.13. The number of rotatable bonds is 9. The molecule has 0 bridgehead atoms. The fourth-order valence-corrected chi connectivity index (χ4v) is 4.07. The Morgan fingerprint density at radius 3 is 2.72 bits per heavy atom. The van der Waals surface area contributed by atoms with Crippen LogP contribution in [0.1, 0.15) is 18.2 Å². The minimum absolute atomic E-state index is 0.0608. The second-order valence-corrected chi connectivity index (χ2v) is 8.48. The standard InChI is InChI=1S/C24H24N4O3S/c1-17(23(29)25-15-18-8-4-3-5-9-18)32-24-27-26-22(19-10-6-11-20(14-19)30-2)28(24)16-21-12-7-13-31-21/h3-14,17H,15-16H2,1-2H3,(H,25,29). The van der Waals surface area contributed by atoms with E-state index in [1.54, 1.807) is 13.4 Å². The molecule has 2 aromatic heterocycles. The number of carbonyl (C=O) groups excluding carboxylic acids is 1. The van der Waals surface area contributed by atoms with Crippen molar-refractivity contribution < 1.29 is 13.9 Å². The highest BCUT2D eigenvalue weighted by Gasteiger charge is 2.21. The lowest BCUT2D eigenvalue weighted by atomic mass is 10.2. The van der Waals surface area contributed by atoms with Gasteiger partial charge in [0.1, 0.15) is 11.5 Å². The van der Waals surface area contributed by atoms with Crippen LogP contribution in [0, 0.1) is 0 Å². The number of ether oxygens (including phenoxy) is 1. The van der Waals surface area contributed by atoms with E-state index in [9.17, 15) is 4.79 Å². The van der Waals surface area contributed by atoms with E-state index in [-0.39, 0.29) is 11.2 Å². The van der Waals surface area contributed by atoms with Crippen LogP contribution in [0.25, 0.3) is 11.4 Å². The number of methoxy groups -OCH3 is 1. The van der Waals surface area contributed by atoms with E-state index in [0.717, 1.165) is 22.6 Å². The summed E-state index contributed by atoms with van der Waals surface area (Å²) in [6.07, 6.45) is 1.64. The molecule has 4 aromatic rings. The number of benzene rings is 2. The first-order chi connectivity index (χ1) is 15.6. The van der Waals surface area contributed by atoms with Crippen LogP contribution in [-0.2, 0) is 17.9 Å². The summed E-state index contributed by atoms with van der Waals surface area (Å²) in [6.45, 7) is 2.80. The predicted octanol–water partition coefficient (Wildman–Crippen LogP) is 4.39. The van der Waals surface area contributed by atoms with Gasteiger partial charge in [-0.1, -0.05) is 54.2 Å². The zero-order valence-corrected chi connectivity index (χ0v) is 18.7. The van der Waals surface area contributed by atoms with Crippen LogP contribution in [0.3, 0.4) is 0 Å². The van der Waals surface area contributed by atoms with Gasteiger partial charge in [-0.3, -0.25) is 9.36 Å². The van der Waals surface area contributed by atoms with Gasteiger partial charge in [0.15, 0.2) is 11.0 Å². The lowest BCUT2D eigenvalue weighted by Crippen LogP contribution is -2.30. The molecule has 0 spiro atoms. The molecule has 0 aliphatic heterocycles. The average molecular weight is 449 g/mol. The van der Waals surface area contributed by atoms with Gasteiger partial charge in [0, 0.05) is 12.1 Å². The molecule has 7 nitrogen and oxygen atoms in total. The smallest absolute Gasteiger partial charge is 0.233 e. The first kappa shape index (κ1) is 21.7. The van der Waals surface area contributed by atoms with Crippen molar-refractivity contribution in [2.45, 2.75) is 30.4 Å². The molecule has 0 aliphatic rings. The Morgan fingerprint density at radius 2 is 1.97 bits per heavy atom. The third kappa shape index (κ3) is 5.20. The molecule has 164 valence electrons. The van der Waals surface area contributed by atoms with Crippen LogP contribution in [0.2, 0.25) is 0 Å². The Morgan fingerprint density at radius 1 is 1.12 bits per heavy atom. The van der Waals surface area contributed by atoms with Crippen molar-refractivity contribution in [1.29, 1.82) is 0 Å². The molecule has 1 amide bonds. The van der Waals surface area contributed by atoms with Gasteiger partial charge in [-0.25, -0.2) is 0 Å². The summed E-state index contributed by atoms with van der Waals surface area (Å²) in [4.78, 5) is 12.7. The molecule has 0 fully saturated rings. The molecule has 0 aliphatic carbocycles. The molecule has 0 radical (unpaired) electrons. The number of carbonyl (C=O) groups is 1. The average Bonchev–Trinajstić information content (AvgIpc) is 3.49. The number of furan rings is 1. The summed E-state index contributed by atoms with van der Waals surface area (Å²) < 4.78 is 12.9. The van der Waals surface area contributed by atoms with E-state index in [2.05, 4.69) is 15.5 Å². The maximum absolute atomic E-state index is 12.7. The normalized spacial score (nSPS) is 11.8. The number of hydrogen-bond acceptors (Lipinski definition) is 6. The minimum Gasteiger partial charge on any atom is -0.497 e. The van der Waals surface area contributed by atoms with Crippen molar-refractivity contribution >= 4 is 17.7 Å². The molecule has 32 heavy (non-hydrogen) atoms. The Balaban J connectivity index is 1.54. The molecular weight excluding hydrogens is 424 g/mol. The van der Waals surface area contributed by atoms with Gasteiger partial charge in [-0.2, -0.15) is 0 Å². The van der Waals surface area contributed by atoms with Crippen LogP contribution in [0.4, 0.5) is 0 Å². The van der Waals surface area contributed by atoms with E-state index in [1.165, 1.54) is 11.8 Å². The van der Waals surface area contributed by atoms with Crippen LogP contribution >= 0.6 is 11.8 Å². The second kappa shape index (κ2) is 10.2. The Kier molecular flexibility index (Phi) is 6.91. The van der Waals surface area contributed by atoms with E-state index >= 15 is 0 Å². The van der Waals surface area contributed by atoms with Crippen LogP contribution in [0.5, 0.6) is 5.75 Å². The zero-order chi connectivity index (χ0) is 22.3. The van der Waals surface area contributed by atoms with Crippen molar-refractivity contribution in [2.24, 2.45) is 0 Å². The van der Waals surface area contributed by atoms with Crippen LogP contribution in [-0.4, -0.2) is 33.0 Å². The number of nitrogens with one attached hydrogen (secondary N) is 1. The Hall–Kier alpha value is -3.52. The second-order valence-electron chi connectivity index (χ2n) is 7.17. The molecule has 0 saturated carbocycles. The summed E-state index contributed by atoms with van der Waals surface area (Å²) >= 11 is 1.37. The lowest BCUT2D eigenvalue weighted by Gasteiger charge is -2.13. The maximum atomic E-state index is 12.7. The number of hydrogen-bond donors (Lipinski definition) is 1. The summed E-state index contributed by atoms with van der Waals surface area (Å²) in [5, 5.41) is 12.1. The van der Waals surface area contributed by atoms with E-state index in [4.69, 9.17) is 9.15 Å². The van der Waals surface area contributed by atoms with Crippen molar-refractivity contribution in [3.63, 3.8) is 0 Å². The van der Waals surface area contributed by atoms with Crippen molar-refractivity contribution in [2.75, 3.05) is 7.11 Å². The van der Waals surface area contributed by atoms with E-state index in [1.807, 2.05) is 78.2 Å². The quantitative estimate of drug-likeness (QED) is 0.383. The van der Waals surface area contributed by atoms with Gasteiger partial charge in [0.2, 0.25) is 5.91 Å². The van der Waals surface area contributed by atoms with Gasteiger partial charge in [-0.15, -0.1) is 10.2 Å². The van der Waals surface area contributed by atoms with E-state index < -0.39 is 0 Å². The minimum atomic E-state index is -0.351. The summed E-state index contributed by atoms with van der Waals surface area (Å²) in [7, 11) is 1.63. The topological polar surface area (TPSA) is 82.2 Å². The Bertz CT molecular complexity index is 1160. The van der Waals surface area contributed by atoms with Gasteiger partial charge in [-0.05, 0) is 36.8 Å². The zero-order valence-electron chi connectivity index (χ0n) is 17.9. The third-order valence-corrected chi connectivity index (χ3v) is 5.98. The maximum Gasteiger partial charge on any atom is 0.233 e. The first-order valence-corrected chi connectivity index (χ1v) is 11.1. The van der Waals surface area contributed by atoms with Gasteiger partial charge >= 0.3 is 0 Å². The highest BCUT2D eigenvalue weighted by molar-refractivity contribution is 8.00. The third-order valence-electron chi connectivity index (χ3n) is 4.90. The van der Waals surface area contributed by atoms with Crippen molar-refractivity contribution in [3.05, 3.63) is 84.3 Å². The number of amides is 1. The van der Waals surface area contributed by atoms with Crippen LogP contribution in [0.15, 0.2) is 82.6 Å². The lowest BCUT2D eigenvalue weighted by molar-refractivity contribution is -0.120. The molecule has 1 atom stereocenters. The number of thioether (sulfide) groups is 1. The molecule has 4 rings (SSSR count). The highest BCUT2D eigenvalue weighted by atomic mass is 32.2. The highest BCUT2D eigenvalue weighted by Crippen LogP contribution is 2.29. The van der Waals surface area contributed by atoms with Crippen LogP contribution < -0.4 is 10.1 Å². The molecule has 2 heterocycles. The monoisotopic (exact) mass is 448 g/mol. The molecular formula is C24H24N4O3S. The summed E-state index contributed by atoms with van der Waals surface area (Å²) in [5.41, 5.74) is 1.93. The SMILES string of the molecule is COc1cccc(-c2nnc(SC(C)C(=O)NCc3ccccc3)n2Cc2ccco2)c1. The van der Waals surface area contributed by atoms with Crippen molar-refractivity contribution in [3.8, 4) is 17.1 Å². The predicted molar refractivity (Wildman–Crippen MR) is 123 cm³/mol. The first-order valence-electron chi connectivity index (χ1n) is 10.2. The van der Waals surface area contributed by atoms with Gasteiger partial charge in [0.25, 0.3) is 0 Å². The molecule has 0 saturated heterocycles. The fourth-order valence-electron chi connectivity index (χ4n) is 3.19. The van der Waals surface area contributed by atoms with Gasteiger partial charge in [0.05, 0.1) is 25.2 Å². The molecule has 1 unspecified atom stereocenters. The summed E-state index contributed by atoms with van der Waals surface area (Å²) in [6, 6.07) is 21.2. The molecule has 8 heteroatoms. The van der Waals surface area contributed by atoms with Gasteiger partial charge < -0.3 is 14.5 Å². The number of aromatic nitrogens is 3. The Labute approximate surface area is 190 Å². The van der Waals surface area contributed by atoms with E-state index in [0.29, 0.717) is 24.1 Å². The largest absolute Gasteiger partial charge is 0.497 e. The fraction of sp³-hybridized carbons (Fsp3) is 0.208.